The summed E-state index contributed by atoms with van der Waals surface area (Å²) in [7, 11) is 7.10. The van der Waals surface area contributed by atoms with Gasteiger partial charge < -0.3 is 19.3 Å². The van der Waals surface area contributed by atoms with E-state index in [-0.39, 0.29) is 24.2 Å². The third kappa shape index (κ3) is 6.98. The molecule has 8 heteroatoms. The number of ether oxygens (including phenoxy) is 2. The Morgan fingerprint density at radius 3 is 2.04 bits per heavy atom. The lowest BCUT2D eigenvalue weighted by Crippen LogP contribution is -2.25. The SMILES string of the molecule is CN(C)C(=O)Oc1ccc(C(CCOc2cc(F)cc(F)c2)N(C)C)cc1.Cl. The first-order chi connectivity index (χ1) is 12.8. The number of amides is 1. The van der Waals surface area contributed by atoms with E-state index in [2.05, 4.69) is 0 Å². The van der Waals surface area contributed by atoms with Crippen LogP contribution in [0.2, 0.25) is 0 Å². The topological polar surface area (TPSA) is 42.0 Å². The van der Waals surface area contributed by atoms with Crippen molar-refractivity contribution >= 4 is 18.5 Å². The van der Waals surface area contributed by atoms with Gasteiger partial charge in [-0.2, -0.15) is 0 Å². The normalized spacial score (nSPS) is 11.5. The van der Waals surface area contributed by atoms with Crippen molar-refractivity contribution in [3.05, 3.63) is 59.7 Å². The Morgan fingerprint density at radius 1 is 0.964 bits per heavy atom. The van der Waals surface area contributed by atoms with Crippen LogP contribution in [0.4, 0.5) is 13.6 Å². The highest BCUT2D eigenvalue weighted by Gasteiger charge is 2.15. The maximum absolute atomic E-state index is 13.2. The molecule has 0 aromatic heterocycles. The second-order valence-electron chi connectivity index (χ2n) is 6.55. The Morgan fingerprint density at radius 2 is 1.54 bits per heavy atom. The van der Waals surface area contributed by atoms with E-state index in [0.29, 0.717) is 18.8 Å². The summed E-state index contributed by atoms with van der Waals surface area (Å²) in [5.41, 5.74) is 1.01. The number of nitrogens with zero attached hydrogens (tertiary/aromatic N) is 2. The Hall–Kier alpha value is -2.38. The molecular weight excluding hydrogens is 390 g/mol. The van der Waals surface area contributed by atoms with Gasteiger partial charge in [-0.05, 0) is 31.8 Å². The highest BCUT2D eigenvalue weighted by atomic mass is 35.5. The fraction of sp³-hybridized carbons (Fsp3) is 0.350. The van der Waals surface area contributed by atoms with Gasteiger partial charge in [0.1, 0.15) is 23.1 Å². The maximum Gasteiger partial charge on any atom is 0.414 e. The van der Waals surface area contributed by atoms with Gasteiger partial charge in [0.2, 0.25) is 0 Å². The van der Waals surface area contributed by atoms with Gasteiger partial charge in [-0.25, -0.2) is 13.6 Å². The van der Waals surface area contributed by atoms with E-state index < -0.39 is 17.7 Å². The molecule has 0 radical (unpaired) electrons. The lowest BCUT2D eigenvalue weighted by molar-refractivity contribution is 0.172. The van der Waals surface area contributed by atoms with E-state index in [0.717, 1.165) is 23.8 Å². The summed E-state index contributed by atoms with van der Waals surface area (Å²) in [6.45, 7) is 0.295. The maximum atomic E-state index is 13.2. The minimum absolute atomic E-state index is 0. The van der Waals surface area contributed by atoms with Crippen LogP contribution < -0.4 is 9.47 Å². The Balaban J connectivity index is 0.00000392. The van der Waals surface area contributed by atoms with Crippen LogP contribution in [0.3, 0.4) is 0 Å². The number of carbonyl (C=O) groups is 1. The van der Waals surface area contributed by atoms with Gasteiger partial charge in [0.15, 0.2) is 0 Å². The molecule has 1 atom stereocenters. The van der Waals surface area contributed by atoms with Gasteiger partial charge in [0.05, 0.1) is 6.61 Å². The number of halogens is 3. The molecule has 2 rings (SSSR count). The summed E-state index contributed by atoms with van der Waals surface area (Å²) in [4.78, 5) is 15.0. The lowest BCUT2D eigenvalue weighted by Gasteiger charge is -2.25. The number of benzene rings is 2. The van der Waals surface area contributed by atoms with Crippen LogP contribution in [0.15, 0.2) is 42.5 Å². The molecule has 154 valence electrons. The summed E-state index contributed by atoms with van der Waals surface area (Å²) >= 11 is 0. The average molecular weight is 415 g/mol. The smallest absolute Gasteiger partial charge is 0.414 e. The van der Waals surface area contributed by atoms with Crippen LogP contribution in [-0.4, -0.2) is 50.7 Å². The van der Waals surface area contributed by atoms with Crippen LogP contribution in [0.5, 0.6) is 11.5 Å². The monoisotopic (exact) mass is 414 g/mol. The molecule has 2 aromatic rings. The standard InChI is InChI=1S/C20H24F2N2O3.ClH/c1-23(2)19(9-10-26-18-12-15(21)11-16(22)13-18)14-5-7-17(8-6-14)27-20(25)24(3)4;/h5-8,11-13,19H,9-10H2,1-4H3;1H. The zero-order valence-electron chi connectivity index (χ0n) is 16.3. The summed E-state index contributed by atoms with van der Waals surface area (Å²) in [5, 5.41) is 0. The van der Waals surface area contributed by atoms with Gasteiger partial charge >= 0.3 is 6.09 Å². The molecule has 5 nitrogen and oxygen atoms in total. The lowest BCUT2D eigenvalue weighted by atomic mass is 10.0. The van der Waals surface area contributed by atoms with Gasteiger partial charge in [0.25, 0.3) is 0 Å². The molecular formula is C20H25ClF2N2O3. The van der Waals surface area contributed by atoms with E-state index in [4.69, 9.17) is 9.47 Å². The zero-order valence-corrected chi connectivity index (χ0v) is 17.1. The minimum Gasteiger partial charge on any atom is -0.493 e. The molecule has 1 amide bonds. The van der Waals surface area contributed by atoms with Crippen molar-refractivity contribution < 1.29 is 23.0 Å². The molecule has 2 aromatic carbocycles. The fourth-order valence-corrected chi connectivity index (χ4v) is 2.57. The third-order valence-corrected chi connectivity index (χ3v) is 3.95. The van der Waals surface area contributed by atoms with Crippen molar-refractivity contribution in [1.29, 1.82) is 0 Å². The van der Waals surface area contributed by atoms with Crippen LogP contribution >= 0.6 is 12.4 Å². The number of carbonyl (C=O) groups excluding carboxylic acids is 1. The molecule has 0 heterocycles. The van der Waals surface area contributed by atoms with E-state index in [9.17, 15) is 13.6 Å². The van der Waals surface area contributed by atoms with Crippen molar-refractivity contribution in [2.24, 2.45) is 0 Å². The summed E-state index contributed by atoms with van der Waals surface area (Å²) < 4.78 is 37.1. The van der Waals surface area contributed by atoms with E-state index >= 15 is 0 Å². The molecule has 0 aliphatic heterocycles. The van der Waals surface area contributed by atoms with Crippen LogP contribution in [0.1, 0.15) is 18.0 Å². The third-order valence-electron chi connectivity index (χ3n) is 3.95. The summed E-state index contributed by atoms with van der Waals surface area (Å²) in [5.74, 6) is -0.716. The molecule has 1 unspecified atom stereocenters. The first-order valence-electron chi connectivity index (χ1n) is 8.50. The highest BCUT2D eigenvalue weighted by Crippen LogP contribution is 2.25. The molecule has 0 aliphatic carbocycles. The van der Waals surface area contributed by atoms with Gasteiger partial charge in [-0.1, -0.05) is 12.1 Å². The zero-order chi connectivity index (χ0) is 20.0. The first kappa shape index (κ1) is 23.7. The Labute approximate surface area is 170 Å². The minimum atomic E-state index is -0.669. The van der Waals surface area contributed by atoms with E-state index in [1.165, 1.54) is 4.90 Å². The fourth-order valence-electron chi connectivity index (χ4n) is 2.57. The molecule has 28 heavy (non-hydrogen) atoms. The Bertz CT molecular complexity index is 750. The van der Waals surface area contributed by atoms with Crippen LogP contribution in [0, 0.1) is 11.6 Å². The highest BCUT2D eigenvalue weighted by molar-refractivity contribution is 5.85. The summed E-state index contributed by atoms with van der Waals surface area (Å²) in [6.07, 6.45) is 0.171. The van der Waals surface area contributed by atoms with Crippen molar-refractivity contribution in [3.63, 3.8) is 0 Å². The quantitative estimate of drug-likeness (QED) is 0.668. The van der Waals surface area contributed by atoms with Crippen molar-refractivity contribution in [2.75, 3.05) is 34.8 Å². The predicted molar refractivity (Wildman–Crippen MR) is 106 cm³/mol. The molecule has 0 saturated heterocycles. The number of hydrogen-bond acceptors (Lipinski definition) is 4. The molecule has 0 fully saturated rings. The van der Waals surface area contributed by atoms with Crippen molar-refractivity contribution in [3.8, 4) is 11.5 Å². The van der Waals surface area contributed by atoms with E-state index in [1.54, 1.807) is 26.2 Å². The number of rotatable bonds is 7. The van der Waals surface area contributed by atoms with Crippen LogP contribution in [0.25, 0.3) is 0 Å². The molecule has 0 saturated carbocycles. The second kappa shape index (κ2) is 10.8. The first-order valence-corrected chi connectivity index (χ1v) is 8.50. The van der Waals surface area contributed by atoms with Crippen molar-refractivity contribution in [2.45, 2.75) is 12.5 Å². The van der Waals surface area contributed by atoms with E-state index in [1.807, 2.05) is 31.1 Å². The van der Waals surface area contributed by atoms with Crippen LogP contribution in [-0.2, 0) is 0 Å². The Kier molecular flexibility index (Phi) is 9.15. The molecule has 0 bridgehead atoms. The average Bonchev–Trinajstić information content (AvgIpc) is 2.58. The van der Waals surface area contributed by atoms with Gasteiger partial charge in [0, 0.05) is 44.8 Å². The molecule has 0 spiro atoms. The van der Waals surface area contributed by atoms with Gasteiger partial charge in [-0.3, -0.25) is 0 Å². The predicted octanol–water partition coefficient (Wildman–Crippen LogP) is 4.52. The largest absolute Gasteiger partial charge is 0.493 e. The summed E-state index contributed by atoms with van der Waals surface area (Å²) in [6, 6.07) is 10.4. The van der Waals surface area contributed by atoms with Crippen molar-refractivity contribution in [1.82, 2.24) is 9.80 Å². The molecule has 0 aliphatic rings. The molecule has 0 N–H and O–H groups in total. The second-order valence-corrected chi connectivity index (χ2v) is 6.55. The number of hydrogen-bond donors (Lipinski definition) is 0. The van der Waals surface area contributed by atoms with Gasteiger partial charge in [-0.15, -0.1) is 12.4 Å².